The van der Waals surface area contributed by atoms with Crippen LogP contribution >= 0.6 is 0 Å². The summed E-state index contributed by atoms with van der Waals surface area (Å²) in [7, 11) is 0. The van der Waals surface area contributed by atoms with Gasteiger partial charge in [0.2, 0.25) is 0 Å². The van der Waals surface area contributed by atoms with Crippen molar-refractivity contribution in [3.05, 3.63) is 0 Å². The molecule has 0 unspecified atom stereocenters. The molecule has 0 saturated carbocycles. The van der Waals surface area contributed by atoms with E-state index in [1.807, 2.05) is 0 Å². The van der Waals surface area contributed by atoms with Crippen molar-refractivity contribution in [1.29, 1.82) is 0 Å². The number of aliphatic hydroxyl groups is 1. The molecule has 0 bridgehead atoms. The van der Waals surface area contributed by atoms with E-state index in [-0.39, 0.29) is 0 Å². The summed E-state index contributed by atoms with van der Waals surface area (Å²) in [6.07, 6.45) is 3.73. The van der Waals surface area contributed by atoms with Crippen LogP contribution in [0.3, 0.4) is 0 Å². The van der Waals surface area contributed by atoms with Crippen LogP contribution in [0.15, 0.2) is 0 Å². The monoisotopic (exact) mass is 184 g/mol. The SMILES string of the molecule is OCCCN1CC(N2CCCC2)C1. The minimum Gasteiger partial charge on any atom is -0.396 e. The summed E-state index contributed by atoms with van der Waals surface area (Å²) in [6, 6.07) is 0.834. The fourth-order valence-corrected chi connectivity index (χ4v) is 2.36. The molecule has 0 radical (unpaired) electrons. The van der Waals surface area contributed by atoms with Gasteiger partial charge >= 0.3 is 0 Å². The van der Waals surface area contributed by atoms with Gasteiger partial charge in [0.05, 0.1) is 0 Å². The van der Waals surface area contributed by atoms with E-state index in [0.29, 0.717) is 6.61 Å². The highest BCUT2D eigenvalue weighted by molar-refractivity contribution is 4.89. The second-order valence-corrected chi connectivity index (χ2v) is 4.23. The van der Waals surface area contributed by atoms with Crippen molar-refractivity contribution in [3.8, 4) is 0 Å². The van der Waals surface area contributed by atoms with Crippen molar-refractivity contribution >= 4 is 0 Å². The van der Waals surface area contributed by atoms with Crippen LogP contribution in [0.1, 0.15) is 19.3 Å². The van der Waals surface area contributed by atoms with Crippen molar-refractivity contribution < 1.29 is 5.11 Å². The average Bonchev–Trinajstić information content (AvgIpc) is 2.54. The number of hydrogen-bond acceptors (Lipinski definition) is 3. The van der Waals surface area contributed by atoms with Gasteiger partial charge < -0.3 is 10.0 Å². The molecule has 2 aliphatic heterocycles. The van der Waals surface area contributed by atoms with Gasteiger partial charge in [-0.25, -0.2) is 0 Å². The van der Waals surface area contributed by atoms with Crippen LogP contribution in [0.25, 0.3) is 0 Å². The second-order valence-electron chi connectivity index (χ2n) is 4.23. The summed E-state index contributed by atoms with van der Waals surface area (Å²) in [6.45, 7) is 6.53. The minimum absolute atomic E-state index is 0.338. The molecule has 0 aliphatic carbocycles. The van der Waals surface area contributed by atoms with Crippen LogP contribution in [0, 0.1) is 0 Å². The van der Waals surface area contributed by atoms with E-state index >= 15 is 0 Å². The summed E-state index contributed by atoms with van der Waals surface area (Å²) in [5.74, 6) is 0. The average molecular weight is 184 g/mol. The lowest BCUT2D eigenvalue weighted by Gasteiger charge is -2.44. The Bertz CT molecular complexity index is 151. The molecule has 0 amide bonds. The lowest BCUT2D eigenvalue weighted by Crippen LogP contribution is -2.58. The summed E-state index contributed by atoms with van der Waals surface area (Å²) < 4.78 is 0. The summed E-state index contributed by atoms with van der Waals surface area (Å²) >= 11 is 0. The fourth-order valence-electron chi connectivity index (χ4n) is 2.36. The Morgan fingerprint density at radius 1 is 1.15 bits per heavy atom. The maximum atomic E-state index is 8.68. The molecule has 13 heavy (non-hydrogen) atoms. The summed E-state index contributed by atoms with van der Waals surface area (Å²) in [4.78, 5) is 5.06. The predicted octanol–water partition coefficient (Wildman–Crippen LogP) is 0.149. The third kappa shape index (κ3) is 2.22. The zero-order valence-corrected chi connectivity index (χ0v) is 8.28. The van der Waals surface area contributed by atoms with Gasteiger partial charge in [0.25, 0.3) is 0 Å². The zero-order valence-electron chi connectivity index (χ0n) is 8.28. The lowest BCUT2D eigenvalue weighted by molar-refractivity contribution is 0.0439. The van der Waals surface area contributed by atoms with Crippen LogP contribution in [-0.4, -0.2) is 60.3 Å². The Kier molecular flexibility index (Phi) is 3.19. The number of hydrogen-bond donors (Lipinski definition) is 1. The van der Waals surface area contributed by atoms with E-state index in [9.17, 15) is 0 Å². The zero-order chi connectivity index (χ0) is 9.10. The topological polar surface area (TPSA) is 26.7 Å². The van der Waals surface area contributed by atoms with Crippen LogP contribution < -0.4 is 0 Å². The normalized spacial score (nSPS) is 26.5. The first-order chi connectivity index (χ1) is 6.40. The number of rotatable bonds is 4. The van der Waals surface area contributed by atoms with E-state index in [4.69, 9.17) is 5.11 Å². The third-order valence-corrected chi connectivity index (χ3v) is 3.23. The van der Waals surface area contributed by atoms with Crippen molar-refractivity contribution in [2.24, 2.45) is 0 Å². The molecule has 0 aromatic rings. The maximum Gasteiger partial charge on any atom is 0.0443 e. The molecule has 2 aliphatic rings. The van der Waals surface area contributed by atoms with E-state index < -0.39 is 0 Å². The number of aliphatic hydroxyl groups excluding tert-OH is 1. The van der Waals surface area contributed by atoms with Crippen molar-refractivity contribution in [2.75, 3.05) is 39.3 Å². The van der Waals surface area contributed by atoms with Crippen molar-refractivity contribution in [2.45, 2.75) is 25.3 Å². The Morgan fingerprint density at radius 3 is 2.46 bits per heavy atom. The van der Waals surface area contributed by atoms with E-state index in [0.717, 1.165) is 19.0 Å². The van der Waals surface area contributed by atoms with Gasteiger partial charge in [-0.15, -0.1) is 0 Å². The van der Waals surface area contributed by atoms with Crippen LogP contribution in [0.5, 0.6) is 0 Å². The Balaban J connectivity index is 1.60. The van der Waals surface area contributed by atoms with Gasteiger partial charge in [0, 0.05) is 32.3 Å². The molecule has 0 aromatic heterocycles. The van der Waals surface area contributed by atoms with Crippen LogP contribution in [-0.2, 0) is 0 Å². The first-order valence-electron chi connectivity index (χ1n) is 5.47. The maximum absolute atomic E-state index is 8.68. The summed E-state index contributed by atoms with van der Waals surface area (Å²) in [5.41, 5.74) is 0. The molecular formula is C10H20N2O. The van der Waals surface area contributed by atoms with Crippen molar-refractivity contribution in [1.82, 2.24) is 9.80 Å². The minimum atomic E-state index is 0.338. The van der Waals surface area contributed by atoms with Gasteiger partial charge in [-0.1, -0.05) is 0 Å². The van der Waals surface area contributed by atoms with Crippen LogP contribution in [0.4, 0.5) is 0 Å². The van der Waals surface area contributed by atoms with E-state index in [2.05, 4.69) is 9.80 Å². The highest BCUT2D eigenvalue weighted by Gasteiger charge is 2.32. The van der Waals surface area contributed by atoms with Gasteiger partial charge in [-0.05, 0) is 32.4 Å². The smallest absolute Gasteiger partial charge is 0.0443 e. The van der Waals surface area contributed by atoms with Gasteiger partial charge in [0.1, 0.15) is 0 Å². The molecule has 2 heterocycles. The molecule has 2 rings (SSSR count). The lowest BCUT2D eigenvalue weighted by atomic mass is 10.1. The molecule has 0 atom stereocenters. The Labute approximate surface area is 80.3 Å². The number of likely N-dealkylation sites (tertiary alicyclic amines) is 2. The second kappa shape index (κ2) is 4.40. The fraction of sp³-hybridized carbons (Fsp3) is 1.00. The quantitative estimate of drug-likeness (QED) is 0.673. The largest absolute Gasteiger partial charge is 0.396 e. The highest BCUT2D eigenvalue weighted by atomic mass is 16.3. The van der Waals surface area contributed by atoms with Gasteiger partial charge in [0.15, 0.2) is 0 Å². The molecule has 3 nitrogen and oxygen atoms in total. The van der Waals surface area contributed by atoms with Crippen LogP contribution in [0.2, 0.25) is 0 Å². The first kappa shape index (κ1) is 9.44. The third-order valence-electron chi connectivity index (χ3n) is 3.23. The van der Waals surface area contributed by atoms with Gasteiger partial charge in [-0.3, -0.25) is 4.90 Å². The van der Waals surface area contributed by atoms with E-state index in [1.54, 1.807) is 0 Å². The van der Waals surface area contributed by atoms with Gasteiger partial charge in [-0.2, -0.15) is 0 Å². The molecule has 1 N–H and O–H groups in total. The number of nitrogens with zero attached hydrogens (tertiary/aromatic N) is 2. The molecule has 0 spiro atoms. The molecular weight excluding hydrogens is 164 g/mol. The molecule has 3 heteroatoms. The standard InChI is InChI=1S/C10H20N2O/c13-7-3-4-11-8-10(9-11)12-5-1-2-6-12/h10,13H,1-9H2. The molecule has 76 valence electrons. The Morgan fingerprint density at radius 2 is 1.85 bits per heavy atom. The Hall–Kier alpha value is -0.120. The predicted molar refractivity (Wildman–Crippen MR) is 52.7 cm³/mol. The first-order valence-corrected chi connectivity index (χ1v) is 5.47. The molecule has 0 aromatic carbocycles. The molecule has 2 fully saturated rings. The van der Waals surface area contributed by atoms with E-state index in [1.165, 1.54) is 39.0 Å². The highest BCUT2D eigenvalue weighted by Crippen LogP contribution is 2.19. The molecule has 2 saturated heterocycles. The van der Waals surface area contributed by atoms with Crippen molar-refractivity contribution in [3.63, 3.8) is 0 Å². The summed E-state index contributed by atoms with van der Waals surface area (Å²) in [5, 5.41) is 8.68.